The van der Waals surface area contributed by atoms with Gasteiger partial charge < -0.3 is 10.1 Å². The largest absolute Gasteiger partial charge is 0.381 e. The summed E-state index contributed by atoms with van der Waals surface area (Å²) < 4.78 is 5.72. The predicted molar refractivity (Wildman–Crippen MR) is 64.4 cm³/mol. The van der Waals surface area contributed by atoms with Crippen LogP contribution in [0.5, 0.6) is 0 Å². The fourth-order valence-corrected chi connectivity index (χ4v) is 2.06. The van der Waals surface area contributed by atoms with E-state index in [1.165, 1.54) is 24.9 Å². The van der Waals surface area contributed by atoms with Crippen molar-refractivity contribution in [3.63, 3.8) is 0 Å². The summed E-state index contributed by atoms with van der Waals surface area (Å²) in [6.45, 7) is 4.02. The van der Waals surface area contributed by atoms with Crippen LogP contribution >= 0.6 is 0 Å². The van der Waals surface area contributed by atoms with Crippen LogP contribution in [-0.4, -0.2) is 31.3 Å². The van der Waals surface area contributed by atoms with Crippen LogP contribution in [0.1, 0.15) is 18.4 Å². The van der Waals surface area contributed by atoms with Crippen LogP contribution < -0.4 is 5.32 Å². The number of rotatable bonds is 5. The van der Waals surface area contributed by atoms with Crippen molar-refractivity contribution < 1.29 is 4.74 Å². The number of ether oxygens (including phenoxy) is 1. The zero-order chi connectivity index (χ0) is 11.1. The Morgan fingerprint density at radius 1 is 1.38 bits per heavy atom. The Bertz CT molecular complexity index is 283. The number of hydrogen-bond donors (Lipinski definition) is 1. The van der Waals surface area contributed by atoms with Gasteiger partial charge in [0.15, 0.2) is 0 Å². The minimum atomic E-state index is 0.714. The molecule has 0 spiro atoms. The standard InChI is InChI=1S/C13H20N2O/c1-2-13(10-15-6-1)11-16-9-5-12-3-7-14-8-4-12/h3-4,7-8,13,15H,1-2,5-6,9-11H2. The van der Waals surface area contributed by atoms with E-state index in [4.69, 9.17) is 4.74 Å². The first-order valence-electron chi connectivity index (χ1n) is 6.12. The van der Waals surface area contributed by atoms with Crippen LogP contribution in [0.4, 0.5) is 0 Å². The lowest BCUT2D eigenvalue weighted by Crippen LogP contribution is -2.32. The molecule has 0 saturated carbocycles. The summed E-state index contributed by atoms with van der Waals surface area (Å²) in [7, 11) is 0. The van der Waals surface area contributed by atoms with E-state index in [-0.39, 0.29) is 0 Å². The van der Waals surface area contributed by atoms with Crippen molar-refractivity contribution in [2.75, 3.05) is 26.3 Å². The monoisotopic (exact) mass is 220 g/mol. The molecule has 1 saturated heterocycles. The first-order chi connectivity index (χ1) is 7.95. The molecular formula is C13H20N2O. The highest BCUT2D eigenvalue weighted by Gasteiger charge is 2.12. The van der Waals surface area contributed by atoms with E-state index in [2.05, 4.69) is 10.3 Å². The minimum Gasteiger partial charge on any atom is -0.381 e. The quantitative estimate of drug-likeness (QED) is 0.766. The van der Waals surface area contributed by atoms with Gasteiger partial charge in [-0.3, -0.25) is 4.98 Å². The zero-order valence-electron chi connectivity index (χ0n) is 9.69. The molecule has 1 N–H and O–H groups in total. The smallest absolute Gasteiger partial charge is 0.0506 e. The second kappa shape index (κ2) is 6.61. The van der Waals surface area contributed by atoms with E-state index >= 15 is 0 Å². The van der Waals surface area contributed by atoms with Gasteiger partial charge in [-0.15, -0.1) is 0 Å². The maximum Gasteiger partial charge on any atom is 0.0506 e. The molecule has 3 nitrogen and oxygen atoms in total. The van der Waals surface area contributed by atoms with Crippen molar-refractivity contribution in [3.05, 3.63) is 30.1 Å². The van der Waals surface area contributed by atoms with Crippen LogP contribution in [0.3, 0.4) is 0 Å². The fourth-order valence-electron chi connectivity index (χ4n) is 2.06. The molecule has 1 fully saturated rings. The highest BCUT2D eigenvalue weighted by molar-refractivity contribution is 5.09. The Balaban J connectivity index is 1.58. The zero-order valence-corrected chi connectivity index (χ0v) is 9.69. The van der Waals surface area contributed by atoms with E-state index in [0.29, 0.717) is 5.92 Å². The topological polar surface area (TPSA) is 34.1 Å². The molecule has 3 heteroatoms. The summed E-state index contributed by atoms with van der Waals surface area (Å²) in [6.07, 6.45) is 7.25. The average molecular weight is 220 g/mol. The number of nitrogens with zero attached hydrogens (tertiary/aromatic N) is 1. The van der Waals surface area contributed by atoms with Crippen molar-refractivity contribution in [2.24, 2.45) is 5.92 Å². The predicted octanol–water partition coefficient (Wildman–Crippen LogP) is 1.64. The molecule has 1 aromatic rings. The highest BCUT2D eigenvalue weighted by atomic mass is 16.5. The third kappa shape index (κ3) is 3.91. The van der Waals surface area contributed by atoms with Crippen molar-refractivity contribution in [1.29, 1.82) is 0 Å². The lowest BCUT2D eigenvalue weighted by Gasteiger charge is -2.22. The molecule has 88 valence electrons. The lowest BCUT2D eigenvalue weighted by molar-refractivity contribution is 0.0921. The molecule has 1 atom stereocenters. The average Bonchev–Trinajstić information content (AvgIpc) is 2.37. The summed E-state index contributed by atoms with van der Waals surface area (Å²) in [5.74, 6) is 0.714. The highest BCUT2D eigenvalue weighted by Crippen LogP contribution is 2.10. The summed E-state index contributed by atoms with van der Waals surface area (Å²) in [5, 5.41) is 3.41. The van der Waals surface area contributed by atoms with Gasteiger partial charge in [-0.1, -0.05) is 0 Å². The number of nitrogens with one attached hydrogen (secondary N) is 1. The summed E-state index contributed by atoms with van der Waals surface area (Å²) >= 11 is 0. The van der Waals surface area contributed by atoms with E-state index in [0.717, 1.165) is 26.2 Å². The molecular weight excluding hydrogens is 200 g/mol. The molecule has 0 radical (unpaired) electrons. The minimum absolute atomic E-state index is 0.714. The van der Waals surface area contributed by atoms with Gasteiger partial charge in [0, 0.05) is 18.9 Å². The lowest BCUT2D eigenvalue weighted by atomic mass is 10.0. The van der Waals surface area contributed by atoms with Crippen LogP contribution in [0.15, 0.2) is 24.5 Å². The first kappa shape index (κ1) is 11.6. The van der Waals surface area contributed by atoms with Crippen LogP contribution in [0, 0.1) is 5.92 Å². The molecule has 0 aliphatic carbocycles. The van der Waals surface area contributed by atoms with Crippen molar-refractivity contribution >= 4 is 0 Å². The van der Waals surface area contributed by atoms with Gasteiger partial charge in [-0.2, -0.15) is 0 Å². The van der Waals surface area contributed by atoms with Crippen LogP contribution in [0.2, 0.25) is 0 Å². The molecule has 1 aromatic heterocycles. The van der Waals surface area contributed by atoms with E-state index in [9.17, 15) is 0 Å². The molecule has 0 bridgehead atoms. The van der Waals surface area contributed by atoms with Crippen LogP contribution in [0.25, 0.3) is 0 Å². The third-order valence-electron chi connectivity index (χ3n) is 3.04. The van der Waals surface area contributed by atoms with Crippen molar-refractivity contribution in [1.82, 2.24) is 10.3 Å². The van der Waals surface area contributed by atoms with Gasteiger partial charge in [-0.25, -0.2) is 0 Å². The SMILES string of the molecule is c1cc(CCOCC2CCCNC2)ccn1. The molecule has 1 aliphatic heterocycles. The molecule has 0 amide bonds. The second-order valence-corrected chi connectivity index (χ2v) is 4.39. The van der Waals surface area contributed by atoms with Crippen LogP contribution in [-0.2, 0) is 11.2 Å². The molecule has 0 aromatic carbocycles. The summed E-state index contributed by atoms with van der Waals surface area (Å²) in [5.41, 5.74) is 1.30. The second-order valence-electron chi connectivity index (χ2n) is 4.39. The summed E-state index contributed by atoms with van der Waals surface area (Å²) in [4.78, 5) is 4.00. The number of pyridine rings is 1. The molecule has 16 heavy (non-hydrogen) atoms. The number of piperidine rings is 1. The fraction of sp³-hybridized carbons (Fsp3) is 0.615. The third-order valence-corrected chi connectivity index (χ3v) is 3.04. The maximum atomic E-state index is 5.72. The van der Waals surface area contributed by atoms with Gasteiger partial charge in [0.2, 0.25) is 0 Å². The van der Waals surface area contributed by atoms with Crippen molar-refractivity contribution in [2.45, 2.75) is 19.3 Å². The Morgan fingerprint density at radius 2 is 2.25 bits per heavy atom. The molecule has 2 rings (SSSR count). The Morgan fingerprint density at radius 3 is 3.00 bits per heavy atom. The van der Waals surface area contributed by atoms with E-state index < -0.39 is 0 Å². The Labute approximate surface area is 97.2 Å². The van der Waals surface area contributed by atoms with Crippen molar-refractivity contribution in [3.8, 4) is 0 Å². The normalized spacial score (nSPS) is 20.9. The Kier molecular flexibility index (Phi) is 4.77. The van der Waals surface area contributed by atoms with E-state index in [1.807, 2.05) is 24.5 Å². The Hall–Kier alpha value is -0.930. The van der Waals surface area contributed by atoms with Gasteiger partial charge in [0.25, 0.3) is 0 Å². The molecule has 1 aliphatic rings. The summed E-state index contributed by atoms with van der Waals surface area (Å²) in [6, 6.07) is 4.09. The molecule has 2 heterocycles. The first-order valence-corrected chi connectivity index (χ1v) is 6.12. The van der Waals surface area contributed by atoms with E-state index in [1.54, 1.807) is 0 Å². The maximum absolute atomic E-state index is 5.72. The van der Waals surface area contributed by atoms with Gasteiger partial charge >= 0.3 is 0 Å². The number of aromatic nitrogens is 1. The van der Waals surface area contributed by atoms with Gasteiger partial charge in [0.05, 0.1) is 13.2 Å². The van der Waals surface area contributed by atoms with Gasteiger partial charge in [0.1, 0.15) is 0 Å². The number of hydrogen-bond acceptors (Lipinski definition) is 3. The van der Waals surface area contributed by atoms with Gasteiger partial charge in [-0.05, 0) is 49.4 Å². The molecule has 1 unspecified atom stereocenters.